The van der Waals surface area contributed by atoms with Crippen molar-refractivity contribution >= 4 is 39.8 Å². The zero-order chi connectivity index (χ0) is 17.6. The van der Waals surface area contributed by atoms with Gasteiger partial charge >= 0.3 is 0 Å². The van der Waals surface area contributed by atoms with Crippen LogP contribution >= 0.6 is 24.0 Å². The highest BCUT2D eigenvalue weighted by molar-refractivity contribution is 14.0. The highest BCUT2D eigenvalue weighted by atomic mass is 127. The van der Waals surface area contributed by atoms with Crippen molar-refractivity contribution in [3.05, 3.63) is 17.0 Å². The summed E-state index contributed by atoms with van der Waals surface area (Å²) in [6.45, 7) is 8.56. The van der Waals surface area contributed by atoms with E-state index >= 15 is 0 Å². The molecule has 0 fully saturated rings. The summed E-state index contributed by atoms with van der Waals surface area (Å²) in [5.41, 5.74) is 2.01. The molecule has 0 aliphatic rings. The van der Waals surface area contributed by atoms with Crippen molar-refractivity contribution in [2.24, 2.45) is 4.99 Å². The lowest BCUT2D eigenvalue weighted by Gasteiger charge is -2.19. The minimum atomic E-state index is -2.94. The number of aryl methyl sites for hydroxylation is 2. The van der Waals surface area contributed by atoms with E-state index < -0.39 is 9.84 Å². The zero-order valence-electron chi connectivity index (χ0n) is 15.2. The molecule has 0 spiro atoms. The van der Waals surface area contributed by atoms with E-state index in [4.69, 9.17) is 4.52 Å². The number of hydrogen-bond acceptors (Lipinski definition) is 5. The lowest BCUT2D eigenvalue weighted by Crippen LogP contribution is -2.43. The number of sulfone groups is 1. The van der Waals surface area contributed by atoms with E-state index in [0.29, 0.717) is 18.9 Å². The fourth-order valence-corrected chi connectivity index (χ4v) is 3.22. The predicted molar refractivity (Wildman–Crippen MR) is 108 cm³/mol. The highest BCUT2D eigenvalue weighted by Crippen LogP contribution is 2.22. The van der Waals surface area contributed by atoms with E-state index in [0.717, 1.165) is 17.0 Å². The molecule has 1 aromatic rings. The van der Waals surface area contributed by atoms with E-state index in [1.165, 1.54) is 6.26 Å². The van der Waals surface area contributed by atoms with Gasteiger partial charge in [0.1, 0.15) is 15.6 Å². The van der Waals surface area contributed by atoms with Crippen molar-refractivity contribution in [3.8, 4) is 0 Å². The van der Waals surface area contributed by atoms with Crippen LogP contribution in [0.3, 0.4) is 0 Å². The number of nitrogens with zero attached hydrogens (tertiary/aromatic N) is 2. The minimum Gasteiger partial charge on any atom is -0.361 e. The topological polar surface area (TPSA) is 96.6 Å². The Morgan fingerprint density at radius 1 is 1.33 bits per heavy atom. The van der Waals surface area contributed by atoms with Crippen LogP contribution in [0.2, 0.25) is 0 Å². The van der Waals surface area contributed by atoms with Crippen LogP contribution in [-0.4, -0.2) is 51.2 Å². The molecule has 140 valence electrons. The maximum atomic E-state index is 11.2. The van der Waals surface area contributed by atoms with Crippen molar-refractivity contribution < 1.29 is 12.9 Å². The molecule has 0 saturated carbocycles. The third-order valence-corrected chi connectivity index (χ3v) is 4.66. The minimum absolute atomic E-state index is 0. The number of guanidine groups is 1. The van der Waals surface area contributed by atoms with E-state index in [1.54, 1.807) is 7.05 Å². The molecule has 1 heterocycles. The molecule has 0 aromatic carbocycles. The van der Waals surface area contributed by atoms with Crippen LogP contribution in [0.25, 0.3) is 0 Å². The van der Waals surface area contributed by atoms with Gasteiger partial charge in [0.05, 0.1) is 11.4 Å². The van der Waals surface area contributed by atoms with Crippen molar-refractivity contribution in [2.75, 3.05) is 25.6 Å². The third-order valence-electron chi connectivity index (χ3n) is 3.69. The van der Waals surface area contributed by atoms with E-state index in [-0.39, 0.29) is 41.7 Å². The van der Waals surface area contributed by atoms with Gasteiger partial charge in [-0.25, -0.2) is 8.42 Å². The summed E-state index contributed by atoms with van der Waals surface area (Å²) in [5, 5.41) is 10.4. The molecule has 9 heteroatoms. The summed E-state index contributed by atoms with van der Waals surface area (Å²) in [5.74, 6) is 1.88. The number of aromatic nitrogens is 1. The largest absolute Gasteiger partial charge is 0.361 e. The lowest BCUT2D eigenvalue weighted by atomic mass is 10.00. The maximum absolute atomic E-state index is 11.2. The molecule has 24 heavy (non-hydrogen) atoms. The molecule has 1 aromatic heterocycles. The second kappa shape index (κ2) is 10.2. The summed E-state index contributed by atoms with van der Waals surface area (Å²) in [6, 6.07) is 0.0188. The first-order valence-electron chi connectivity index (χ1n) is 7.71. The second-order valence-corrected chi connectivity index (χ2v) is 8.32. The second-order valence-electron chi connectivity index (χ2n) is 6.06. The molecule has 0 bridgehead atoms. The normalized spacial score (nSPS) is 14.7. The Morgan fingerprint density at radius 3 is 2.42 bits per heavy atom. The predicted octanol–water partition coefficient (Wildman–Crippen LogP) is 2.00. The molecule has 2 unspecified atom stereocenters. The van der Waals surface area contributed by atoms with E-state index in [1.807, 2.05) is 20.8 Å². The molecule has 2 atom stereocenters. The number of halogens is 1. The van der Waals surface area contributed by atoms with Gasteiger partial charge in [0.2, 0.25) is 0 Å². The van der Waals surface area contributed by atoms with Crippen molar-refractivity contribution in [1.29, 1.82) is 0 Å². The van der Waals surface area contributed by atoms with Gasteiger partial charge in [-0.1, -0.05) is 12.1 Å². The van der Waals surface area contributed by atoms with Crippen LogP contribution in [-0.2, 0) is 9.84 Å². The first-order chi connectivity index (χ1) is 10.6. The number of nitrogens with one attached hydrogen (secondary N) is 2. The molecule has 7 nitrogen and oxygen atoms in total. The van der Waals surface area contributed by atoms with Crippen molar-refractivity contribution in [1.82, 2.24) is 15.8 Å². The summed E-state index contributed by atoms with van der Waals surface area (Å²) in [4.78, 5) is 4.18. The number of rotatable bonds is 7. The van der Waals surface area contributed by atoms with Gasteiger partial charge in [-0.2, -0.15) is 0 Å². The van der Waals surface area contributed by atoms with Crippen LogP contribution in [0, 0.1) is 13.8 Å². The Hall–Kier alpha value is -0.840. The Bertz CT molecular complexity index is 624. The smallest absolute Gasteiger partial charge is 0.191 e. The molecule has 0 radical (unpaired) electrons. The molecule has 2 N–H and O–H groups in total. The Balaban J connectivity index is 0.00000529. The van der Waals surface area contributed by atoms with Gasteiger partial charge in [0.15, 0.2) is 5.96 Å². The SMILES string of the molecule is CN=C(NCC(C)c1c(C)noc1C)NC(C)CCS(C)(=O)=O.I. The number of hydrogen-bond donors (Lipinski definition) is 2. The average Bonchev–Trinajstić information content (AvgIpc) is 2.79. The van der Waals surface area contributed by atoms with Gasteiger partial charge in [0, 0.05) is 37.4 Å². The summed E-state index contributed by atoms with van der Waals surface area (Å²) in [6.07, 6.45) is 1.79. The molecule has 0 aliphatic heterocycles. The summed E-state index contributed by atoms with van der Waals surface area (Å²) < 4.78 is 27.6. The molecular weight excluding hydrogens is 443 g/mol. The van der Waals surface area contributed by atoms with Gasteiger partial charge in [-0.3, -0.25) is 4.99 Å². The van der Waals surface area contributed by atoms with Crippen LogP contribution < -0.4 is 10.6 Å². The third kappa shape index (κ3) is 7.82. The molecule has 0 saturated heterocycles. The van der Waals surface area contributed by atoms with E-state index in [9.17, 15) is 8.42 Å². The van der Waals surface area contributed by atoms with Crippen molar-refractivity contribution in [3.63, 3.8) is 0 Å². The van der Waals surface area contributed by atoms with Crippen LogP contribution in [0.4, 0.5) is 0 Å². The Labute approximate surface area is 162 Å². The average molecular weight is 472 g/mol. The molecule has 0 aliphatic carbocycles. The monoisotopic (exact) mass is 472 g/mol. The Kier molecular flexibility index (Phi) is 9.86. The molecular formula is C15H29IN4O3S. The van der Waals surface area contributed by atoms with Gasteiger partial charge < -0.3 is 15.2 Å². The van der Waals surface area contributed by atoms with E-state index in [2.05, 4.69) is 27.7 Å². The van der Waals surface area contributed by atoms with Crippen LogP contribution in [0.1, 0.15) is 43.2 Å². The Morgan fingerprint density at radius 2 is 1.96 bits per heavy atom. The maximum Gasteiger partial charge on any atom is 0.191 e. The van der Waals surface area contributed by atoms with Gasteiger partial charge in [-0.05, 0) is 27.2 Å². The summed E-state index contributed by atoms with van der Waals surface area (Å²) >= 11 is 0. The van der Waals surface area contributed by atoms with Gasteiger partial charge in [0.25, 0.3) is 0 Å². The van der Waals surface area contributed by atoms with Crippen LogP contribution in [0.5, 0.6) is 0 Å². The zero-order valence-corrected chi connectivity index (χ0v) is 18.4. The number of aliphatic imine (C=N–C) groups is 1. The standard InChI is InChI=1S/C15H28N4O3S.HI/c1-10(14-12(3)19-22-13(14)4)9-17-15(16-5)18-11(2)7-8-23(6,20)21;/h10-11H,7-9H2,1-6H3,(H2,16,17,18);1H. The molecule has 0 amide bonds. The first kappa shape index (κ1) is 23.2. The fraction of sp³-hybridized carbons (Fsp3) is 0.733. The fourth-order valence-electron chi connectivity index (χ4n) is 2.44. The summed E-state index contributed by atoms with van der Waals surface area (Å²) in [7, 11) is -1.25. The van der Waals surface area contributed by atoms with Crippen molar-refractivity contribution in [2.45, 2.75) is 46.1 Å². The highest BCUT2D eigenvalue weighted by Gasteiger charge is 2.17. The first-order valence-corrected chi connectivity index (χ1v) is 9.77. The van der Waals surface area contributed by atoms with Crippen LogP contribution in [0.15, 0.2) is 9.52 Å². The lowest BCUT2D eigenvalue weighted by molar-refractivity contribution is 0.391. The molecule has 1 rings (SSSR count). The van der Waals surface area contributed by atoms with Gasteiger partial charge in [-0.15, -0.1) is 24.0 Å². The quantitative estimate of drug-likeness (QED) is 0.358.